The van der Waals surface area contributed by atoms with Gasteiger partial charge in [-0.2, -0.15) is 0 Å². The normalized spacial score (nSPS) is 21.3. The first-order valence-electron chi connectivity index (χ1n) is 7.99. The lowest BCUT2D eigenvalue weighted by Gasteiger charge is -2.22. The SMILES string of the molecule is Cc1nc(C)c(-c2csc(NC(=O)C3CC34CCNCC4)n2)s1.Cl. The van der Waals surface area contributed by atoms with Crippen LogP contribution in [0.15, 0.2) is 5.38 Å². The van der Waals surface area contributed by atoms with Crippen LogP contribution in [0.1, 0.15) is 30.0 Å². The summed E-state index contributed by atoms with van der Waals surface area (Å²) < 4.78 is 0. The van der Waals surface area contributed by atoms with Crippen LogP contribution in [0.2, 0.25) is 0 Å². The van der Waals surface area contributed by atoms with Crippen LogP contribution in [0, 0.1) is 25.2 Å². The molecule has 1 unspecified atom stereocenters. The maximum atomic E-state index is 12.5. The van der Waals surface area contributed by atoms with E-state index in [-0.39, 0.29) is 29.6 Å². The summed E-state index contributed by atoms with van der Waals surface area (Å²) in [6.45, 7) is 6.08. The Labute approximate surface area is 155 Å². The summed E-state index contributed by atoms with van der Waals surface area (Å²) in [5.74, 6) is 0.314. The molecule has 2 aromatic heterocycles. The molecule has 5 nitrogen and oxygen atoms in total. The van der Waals surface area contributed by atoms with Gasteiger partial charge in [-0.15, -0.1) is 35.1 Å². The molecule has 1 saturated heterocycles. The number of carbonyl (C=O) groups excluding carboxylic acids is 1. The number of nitrogens with zero attached hydrogens (tertiary/aromatic N) is 2. The van der Waals surface area contributed by atoms with Crippen LogP contribution >= 0.6 is 35.1 Å². The number of aryl methyl sites for hydroxylation is 2. The lowest BCUT2D eigenvalue weighted by Crippen LogP contribution is -2.31. The number of amides is 1. The Hall–Kier alpha value is -1.02. The molecule has 3 heterocycles. The summed E-state index contributed by atoms with van der Waals surface area (Å²) in [4.78, 5) is 22.6. The van der Waals surface area contributed by atoms with Crippen molar-refractivity contribution in [1.29, 1.82) is 0 Å². The van der Waals surface area contributed by atoms with Crippen molar-refractivity contribution in [2.75, 3.05) is 18.4 Å². The average Bonchev–Trinajstić information content (AvgIpc) is 2.87. The van der Waals surface area contributed by atoms with Crippen molar-refractivity contribution in [3.8, 4) is 10.6 Å². The highest BCUT2D eigenvalue weighted by Crippen LogP contribution is 2.58. The fourth-order valence-electron chi connectivity index (χ4n) is 3.59. The first-order valence-corrected chi connectivity index (χ1v) is 9.68. The number of carbonyl (C=O) groups is 1. The van der Waals surface area contributed by atoms with E-state index in [1.165, 1.54) is 11.3 Å². The molecule has 1 aliphatic heterocycles. The van der Waals surface area contributed by atoms with Gasteiger partial charge in [0.05, 0.1) is 21.3 Å². The van der Waals surface area contributed by atoms with E-state index in [0.29, 0.717) is 5.13 Å². The molecule has 0 bridgehead atoms. The molecule has 8 heteroatoms. The van der Waals surface area contributed by atoms with Crippen molar-refractivity contribution in [2.24, 2.45) is 11.3 Å². The maximum absolute atomic E-state index is 12.5. The quantitative estimate of drug-likeness (QED) is 0.847. The minimum absolute atomic E-state index is 0. The summed E-state index contributed by atoms with van der Waals surface area (Å²) in [6.07, 6.45) is 3.27. The summed E-state index contributed by atoms with van der Waals surface area (Å²) in [5.41, 5.74) is 2.19. The van der Waals surface area contributed by atoms with E-state index in [0.717, 1.165) is 53.6 Å². The van der Waals surface area contributed by atoms with E-state index in [1.807, 2.05) is 19.2 Å². The Morgan fingerprint density at radius 1 is 1.33 bits per heavy atom. The Bertz CT molecular complexity index is 751. The van der Waals surface area contributed by atoms with Crippen molar-refractivity contribution in [3.05, 3.63) is 16.1 Å². The number of anilines is 1. The third kappa shape index (κ3) is 3.22. The van der Waals surface area contributed by atoms with Crippen LogP contribution in [0.5, 0.6) is 0 Å². The van der Waals surface area contributed by atoms with E-state index in [4.69, 9.17) is 0 Å². The molecule has 2 aromatic rings. The number of nitrogens with one attached hydrogen (secondary N) is 2. The highest BCUT2D eigenvalue weighted by atomic mass is 35.5. The number of thiazole rings is 2. The second kappa shape index (κ2) is 6.71. The molecular formula is C16H21ClN4OS2. The molecule has 2 N–H and O–H groups in total. The van der Waals surface area contributed by atoms with E-state index in [9.17, 15) is 4.79 Å². The number of halogens is 1. The number of hydrogen-bond acceptors (Lipinski definition) is 6. The average molecular weight is 385 g/mol. The zero-order chi connectivity index (χ0) is 16.0. The van der Waals surface area contributed by atoms with E-state index in [1.54, 1.807) is 11.3 Å². The fraction of sp³-hybridized carbons (Fsp3) is 0.562. The molecule has 1 saturated carbocycles. The third-order valence-electron chi connectivity index (χ3n) is 4.98. The summed E-state index contributed by atoms with van der Waals surface area (Å²) in [6, 6.07) is 0. The van der Waals surface area contributed by atoms with E-state index >= 15 is 0 Å². The fourth-order valence-corrected chi connectivity index (χ4v) is 5.25. The van der Waals surface area contributed by atoms with Crippen LogP contribution in [0.4, 0.5) is 5.13 Å². The standard InChI is InChI=1S/C16H20N4OS2.ClH/c1-9-13(23-10(2)18-9)12-8-22-15(19-12)20-14(21)11-7-16(11)3-5-17-6-4-16;/h8,11,17H,3-7H2,1-2H3,(H,19,20,21);1H. The number of aromatic nitrogens is 2. The molecule has 2 fully saturated rings. The van der Waals surface area contributed by atoms with Crippen LogP contribution in [-0.2, 0) is 4.79 Å². The van der Waals surface area contributed by atoms with Gasteiger partial charge in [-0.1, -0.05) is 0 Å². The van der Waals surface area contributed by atoms with Crippen molar-refractivity contribution in [1.82, 2.24) is 15.3 Å². The number of piperidine rings is 1. The van der Waals surface area contributed by atoms with Crippen molar-refractivity contribution in [2.45, 2.75) is 33.1 Å². The van der Waals surface area contributed by atoms with Gasteiger partial charge in [-0.3, -0.25) is 4.79 Å². The van der Waals surface area contributed by atoms with Crippen LogP contribution in [0.3, 0.4) is 0 Å². The second-order valence-corrected chi connectivity index (χ2v) is 8.60. The molecule has 1 atom stereocenters. The number of rotatable bonds is 3. The van der Waals surface area contributed by atoms with Crippen molar-refractivity contribution < 1.29 is 4.79 Å². The smallest absolute Gasteiger partial charge is 0.229 e. The minimum atomic E-state index is 0. The van der Waals surface area contributed by atoms with Gasteiger partial charge in [0.2, 0.25) is 5.91 Å². The number of hydrogen-bond donors (Lipinski definition) is 2. The zero-order valence-corrected chi connectivity index (χ0v) is 16.2. The van der Waals surface area contributed by atoms with Crippen LogP contribution in [0.25, 0.3) is 10.6 Å². The topological polar surface area (TPSA) is 66.9 Å². The molecule has 1 amide bonds. The van der Waals surface area contributed by atoms with Crippen LogP contribution in [-0.4, -0.2) is 29.0 Å². The Morgan fingerprint density at radius 2 is 2.08 bits per heavy atom. The predicted molar refractivity (Wildman–Crippen MR) is 101 cm³/mol. The Morgan fingerprint density at radius 3 is 2.75 bits per heavy atom. The first kappa shape index (κ1) is 17.8. The summed E-state index contributed by atoms with van der Waals surface area (Å²) in [7, 11) is 0. The molecule has 130 valence electrons. The van der Waals surface area contributed by atoms with Crippen molar-refractivity contribution >= 4 is 46.1 Å². The van der Waals surface area contributed by atoms with Crippen molar-refractivity contribution in [3.63, 3.8) is 0 Å². The Kier molecular flexibility index (Phi) is 4.97. The highest BCUT2D eigenvalue weighted by molar-refractivity contribution is 7.16. The van der Waals surface area contributed by atoms with E-state index < -0.39 is 0 Å². The summed E-state index contributed by atoms with van der Waals surface area (Å²) in [5, 5.41) is 10.1. The minimum Gasteiger partial charge on any atom is -0.317 e. The monoisotopic (exact) mass is 384 g/mol. The zero-order valence-electron chi connectivity index (χ0n) is 13.7. The van der Waals surface area contributed by atoms with Gasteiger partial charge in [-0.25, -0.2) is 9.97 Å². The van der Waals surface area contributed by atoms with Gasteiger partial charge in [0.1, 0.15) is 0 Å². The van der Waals surface area contributed by atoms with Gasteiger partial charge in [0.25, 0.3) is 0 Å². The predicted octanol–water partition coefficient (Wildman–Crippen LogP) is 3.63. The van der Waals surface area contributed by atoms with Gasteiger partial charge in [0.15, 0.2) is 5.13 Å². The first-order chi connectivity index (χ1) is 11.1. The lowest BCUT2D eigenvalue weighted by atomic mass is 9.92. The maximum Gasteiger partial charge on any atom is 0.229 e. The molecule has 1 spiro atoms. The van der Waals surface area contributed by atoms with Gasteiger partial charge >= 0.3 is 0 Å². The highest BCUT2D eigenvalue weighted by Gasteiger charge is 2.57. The Balaban J connectivity index is 0.00000169. The molecule has 1 aliphatic carbocycles. The van der Waals surface area contributed by atoms with Crippen LogP contribution < -0.4 is 10.6 Å². The molecular weight excluding hydrogens is 364 g/mol. The third-order valence-corrected chi connectivity index (χ3v) is 6.83. The largest absolute Gasteiger partial charge is 0.317 e. The lowest BCUT2D eigenvalue weighted by molar-refractivity contribution is -0.118. The van der Waals surface area contributed by atoms with Gasteiger partial charge in [0, 0.05) is 11.3 Å². The van der Waals surface area contributed by atoms with Gasteiger partial charge < -0.3 is 10.6 Å². The molecule has 2 aliphatic rings. The molecule has 24 heavy (non-hydrogen) atoms. The van der Waals surface area contributed by atoms with E-state index in [2.05, 4.69) is 20.6 Å². The molecule has 4 rings (SSSR count). The van der Waals surface area contributed by atoms with Gasteiger partial charge in [-0.05, 0) is 51.6 Å². The summed E-state index contributed by atoms with van der Waals surface area (Å²) >= 11 is 3.14. The second-order valence-electron chi connectivity index (χ2n) is 6.54. The molecule has 0 radical (unpaired) electrons. The molecule has 0 aromatic carbocycles.